The Kier molecular flexibility index (Phi) is 6.15. The van der Waals surface area contributed by atoms with Crippen molar-refractivity contribution >= 4 is 17.7 Å². The van der Waals surface area contributed by atoms with E-state index in [-0.39, 0.29) is 11.9 Å². The molecule has 0 fully saturated rings. The predicted molar refractivity (Wildman–Crippen MR) is 91.9 cm³/mol. The number of hydrogen-bond donors (Lipinski definition) is 1. The van der Waals surface area contributed by atoms with Crippen LogP contribution in [0.25, 0.3) is 5.69 Å². The van der Waals surface area contributed by atoms with E-state index in [1.165, 1.54) is 17.3 Å². The van der Waals surface area contributed by atoms with Crippen molar-refractivity contribution in [1.29, 1.82) is 0 Å². The molecule has 0 aliphatic heterocycles. The lowest BCUT2D eigenvalue weighted by molar-refractivity contribution is -0.119. The third kappa shape index (κ3) is 4.54. The minimum absolute atomic E-state index is 0.00599. The number of benzene rings is 1. The Hall–Kier alpha value is -1.89. The second-order valence-electron chi connectivity index (χ2n) is 5.64. The SMILES string of the molecule is CCCC(C)NC(=O)CSc1nnnn1-c1cccc(C)c1C. The molecule has 0 saturated heterocycles. The summed E-state index contributed by atoms with van der Waals surface area (Å²) in [5, 5.41) is 15.5. The van der Waals surface area contributed by atoms with Gasteiger partial charge in [-0.05, 0) is 54.8 Å². The van der Waals surface area contributed by atoms with Gasteiger partial charge in [-0.25, -0.2) is 0 Å². The summed E-state index contributed by atoms with van der Waals surface area (Å²) in [7, 11) is 0. The first-order valence-electron chi connectivity index (χ1n) is 7.80. The number of nitrogens with zero attached hydrogens (tertiary/aromatic N) is 4. The fourth-order valence-corrected chi connectivity index (χ4v) is 3.03. The topological polar surface area (TPSA) is 72.7 Å². The van der Waals surface area contributed by atoms with E-state index in [9.17, 15) is 4.79 Å². The highest BCUT2D eigenvalue weighted by Crippen LogP contribution is 2.22. The normalized spacial score (nSPS) is 12.2. The molecule has 1 unspecified atom stereocenters. The van der Waals surface area contributed by atoms with Crippen LogP contribution in [0.3, 0.4) is 0 Å². The van der Waals surface area contributed by atoms with Crippen LogP contribution in [-0.4, -0.2) is 37.9 Å². The number of rotatable bonds is 7. The maximum Gasteiger partial charge on any atom is 0.230 e. The van der Waals surface area contributed by atoms with Crippen molar-refractivity contribution in [3.05, 3.63) is 29.3 Å². The lowest BCUT2D eigenvalue weighted by Gasteiger charge is -2.12. The van der Waals surface area contributed by atoms with Crippen LogP contribution in [0.2, 0.25) is 0 Å². The standard InChI is InChI=1S/C16H23N5OS/c1-5-7-12(3)17-15(22)10-23-16-18-19-20-21(16)14-9-6-8-11(2)13(14)4/h6,8-9,12H,5,7,10H2,1-4H3,(H,17,22). The van der Waals surface area contributed by atoms with Gasteiger partial charge in [0, 0.05) is 6.04 Å². The Bertz CT molecular complexity index is 670. The van der Waals surface area contributed by atoms with Crippen LogP contribution in [0.4, 0.5) is 0 Å². The monoisotopic (exact) mass is 333 g/mol. The van der Waals surface area contributed by atoms with E-state index in [1.54, 1.807) is 4.68 Å². The van der Waals surface area contributed by atoms with Crippen molar-refractivity contribution in [3.8, 4) is 5.69 Å². The van der Waals surface area contributed by atoms with Gasteiger partial charge in [0.15, 0.2) is 0 Å². The van der Waals surface area contributed by atoms with Gasteiger partial charge in [-0.3, -0.25) is 4.79 Å². The van der Waals surface area contributed by atoms with Gasteiger partial charge in [-0.15, -0.1) is 5.10 Å². The van der Waals surface area contributed by atoms with Gasteiger partial charge in [0.2, 0.25) is 11.1 Å². The van der Waals surface area contributed by atoms with E-state index in [1.807, 2.05) is 26.0 Å². The zero-order valence-electron chi connectivity index (χ0n) is 14.0. The fraction of sp³-hybridized carbons (Fsp3) is 0.500. The summed E-state index contributed by atoms with van der Waals surface area (Å²) in [4.78, 5) is 12.0. The van der Waals surface area contributed by atoms with Crippen LogP contribution in [0, 0.1) is 13.8 Å². The van der Waals surface area contributed by atoms with Crippen molar-refractivity contribution in [1.82, 2.24) is 25.5 Å². The highest BCUT2D eigenvalue weighted by atomic mass is 32.2. The Morgan fingerprint density at radius 3 is 2.91 bits per heavy atom. The zero-order valence-corrected chi connectivity index (χ0v) is 14.9. The summed E-state index contributed by atoms with van der Waals surface area (Å²) in [6, 6.07) is 6.21. The van der Waals surface area contributed by atoms with Crippen LogP contribution in [0.15, 0.2) is 23.4 Å². The van der Waals surface area contributed by atoms with Crippen molar-refractivity contribution in [2.75, 3.05) is 5.75 Å². The first-order valence-corrected chi connectivity index (χ1v) is 8.78. The van der Waals surface area contributed by atoms with E-state index in [2.05, 4.69) is 40.8 Å². The molecule has 1 aromatic carbocycles. The third-order valence-electron chi connectivity index (χ3n) is 3.71. The van der Waals surface area contributed by atoms with Gasteiger partial charge in [-0.1, -0.05) is 37.2 Å². The van der Waals surface area contributed by atoms with Crippen LogP contribution >= 0.6 is 11.8 Å². The maximum atomic E-state index is 12.0. The fourth-order valence-electron chi connectivity index (χ4n) is 2.34. The van der Waals surface area contributed by atoms with Crippen LogP contribution in [0.1, 0.15) is 37.8 Å². The molecule has 6 nitrogen and oxygen atoms in total. The highest BCUT2D eigenvalue weighted by molar-refractivity contribution is 7.99. The molecule has 1 N–H and O–H groups in total. The minimum atomic E-state index is 0.00599. The van der Waals surface area contributed by atoms with E-state index in [4.69, 9.17) is 0 Å². The molecule has 0 aliphatic carbocycles. The van der Waals surface area contributed by atoms with Gasteiger partial charge in [-0.2, -0.15) is 4.68 Å². The van der Waals surface area contributed by atoms with Crippen molar-refractivity contribution in [3.63, 3.8) is 0 Å². The van der Waals surface area contributed by atoms with Crippen LogP contribution < -0.4 is 5.32 Å². The molecule has 0 bridgehead atoms. The molecule has 0 saturated carbocycles. The summed E-state index contributed by atoms with van der Waals surface area (Å²) < 4.78 is 1.69. The number of aryl methyl sites for hydroxylation is 1. The molecule has 124 valence electrons. The van der Waals surface area contributed by atoms with Gasteiger partial charge in [0.1, 0.15) is 0 Å². The highest BCUT2D eigenvalue weighted by Gasteiger charge is 2.14. The third-order valence-corrected chi connectivity index (χ3v) is 4.63. The van der Waals surface area contributed by atoms with E-state index in [0.29, 0.717) is 10.9 Å². The van der Waals surface area contributed by atoms with Gasteiger partial charge >= 0.3 is 0 Å². The summed E-state index contributed by atoms with van der Waals surface area (Å²) in [6.45, 7) is 8.22. The largest absolute Gasteiger partial charge is 0.353 e. The first-order chi connectivity index (χ1) is 11.0. The number of aromatic nitrogens is 4. The summed E-state index contributed by atoms with van der Waals surface area (Å²) in [5.74, 6) is 0.311. The smallest absolute Gasteiger partial charge is 0.230 e. The van der Waals surface area contributed by atoms with Crippen molar-refractivity contribution < 1.29 is 4.79 Å². The predicted octanol–water partition coefficient (Wildman–Crippen LogP) is 2.68. The second kappa shape index (κ2) is 8.10. The second-order valence-corrected chi connectivity index (χ2v) is 6.58. The molecule has 1 aromatic heterocycles. The molecule has 1 atom stereocenters. The van der Waals surface area contributed by atoms with Crippen LogP contribution in [-0.2, 0) is 4.79 Å². The average molecular weight is 333 g/mol. The summed E-state index contributed by atoms with van der Waals surface area (Å²) in [5.41, 5.74) is 3.25. The van der Waals surface area contributed by atoms with Gasteiger partial charge in [0.05, 0.1) is 11.4 Å². The number of carbonyl (C=O) groups is 1. The van der Waals surface area contributed by atoms with Crippen molar-refractivity contribution in [2.24, 2.45) is 0 Å². The number of hydrogen-bond acceptors (Lipinski definition) is 5. The first kappa shape index (κ1) is 17.5. The Labute approximate surface area is 141 Å². The minimum Gasteiger partial charge on any atom is -0.353 e. The summed E-state index contributed by atoms with van der Waals surface area (Å²) >= 11 is 1.35. The summed E-state index contributed by atoms with van der Waals surface area (Å²) in [6.07, 6.45) is 2.04. The van der Waals surface area contributed by atoms with E-state index >= 15 is 0 Å². The number of thioether (sulfide) groups is 1. The Balaban J connectivity index is 2.04. The van der Waals surface area contributed by atoms with Crippen LogP contribution in [0.5, 0.6) is 0 Å². The lowest BCUT2D eigenvalue weighted by Crippen LogP contribution is -2.33. The molecule has 1 amide bonds. The van der Waals surface area contributed by atoms with E-state index < -0.39 is 0 Å². The maximum absolute atomic E-state index is 12.0. The molecular weight excluding hydrogens is 310 g/mol. The van der Waals surface area contributed by atoms with E-state index in [0.717, 1.165) is 24.1 Å². The Morgan fingerprint density at radius 1 is 1.39 bits per heavy atom. The molecule has 23 heavy (non-hydrogen) atoms. The van der Waals surface area contributed by atoms with Gasteiger partial charge in [0.25, 0.3) is 0 Å². The molecule has 0 radical (unpaired) electrons. The number of nitrogens with one attached hydrogen (secondary N) is 1. The zero-order chi connectivity index (χ0) is 16.8. The lowest BCUT2D eigenvalue weighted by atomic mass is 10.1. The molecular formula is C16H23N5OS. The Morgan fingerprint density at radius 2 is 2.17 bits per heavy atom. The number of tetrazole rings is 1. The molecule has 0 aliphatic rings. The quantitative estimate of drug-likeness (QED) is 0.789. The number of amides is 1. The average Bonchev–Trinajstić information content (AvgIpc) is 2.96. The number of carbonyl (C=O) groups excluding carboxylic acids is 1. The van der Waals surface area contributed by atoms with Gasteiger partial charge < -0.3 is 5.32 Å². The molecule has 7 heteroatoms. The molecule has 1 heterocycles. The molecule has 2 rings (SSSR count). The molecule has 2 aromatic rings. The van der Waals surface area contributed by atoms with Crippen molar-refractivity contribution in [2.45, 2.75) is 51.7 Å². The molecule has 0 spiro atoms.